The third kappa shape index (κ3) is 5.91. The number of carbonyl (C=O) groups is 1. The van der Waals surface area contributed by atoms with Gasteiger partial charge in [0.25, 0.3) is 0 Å². The number of hydrogen-bond donors (Lipinski definition) is 2. The van der Waals surface area contributed by atoms with Crippen LogP contribution in [0.2, 0.25) is 0 Å². The molecule has 80 valence electrons. The van der Waals surface area contributed by atoms with Crippen molar-refractivity contribution in [1.82, 2.24) is 5.32 Å². The lowest BCUT2D eigenvalue weighted by molar-refractivity contribution is 0.0458. The number of carbonyl (C=O) groups excluding carboxylic acids is 1. The van der Waals surface area contributed by atoms with Crippen LogP contribution in [0.3, 0.4) is 0 Å². The Hall–Kier alpha value is -0.640. The van der Waals surface area contributed by atoms with E-state index in [1.165, 1.54) is 0 Å². The van der Waals surface area contributed by atoms with E-state index < -0.39 is 17.1 Å². The Morgan fingerprint density at radius 2 is 1.86 bits per heavy atom. The second-order valence-electron chi connectivity index (χ2n) is 5.02. The van der Waals surface area contributed by atoms with E-state index in [1.54, 1.807) is 43.4 Å². The fraction of sp³-hybridized carbons (Fsp3) is 0.875. The molecular formula is C8H19B2NO3. The third-order valence-corrected chi connectivity index (χ3v) is 1.79. The number of rotatable bonds is 2. The molecule has 1 atom stereocenters. The van der Waals surface area contributed by atoms with Crippen LogP contribution in [0.4, 0.5) is 4.79 Å². The Morgan fingerprint density at radius 1 is 1.43 bits per heavy atom. The summed E-state index contributed by atoms with van der Waals surface area (Å²) >= 11 is 0. The van der Waals surface area contributed by atoms with Crippen molar-refractivity contribution in [2.45, 2.75) is 44.7 Å². The predicted molar refractivity (Wildman–Crippen MR) is 60.9 cm³/mol. The zero-order valence-corrected chi connectivity index (χ0v) is 9.84. The first-order valence-corrected chi connectivity index (χ1v) is 4.74. The summed E-state index contributed by atoms with van der Waals surface area (Å²) in [5.41, 5.74) is -0.511. The highest BCUT2D eigenvalue weighted by Gasteiger charge is 2.25. The molecule has 0 aromatic rings. The molecule has 0 aliphatic heterocycles. The maximum absolute atomic E-state index is 11.3. The Kier molecular flexibility index (Phi) is 4.06. The molecule has 0 rings (SSSR count). The van der Waals surface area contributed by atoms with Gasteiger partial charge in [0, 0.05) is 11.4 Å². The van der Waals surface area contributed by atoms with Gasteiger partial charge in [-0.15, -0.1) is 0 Å². The number of nitrogens with one attached hydrogen (secondary N) is 1. The van der Waals surface area contributed by atoms with Crippen molar-refractivity contribution >= 4 is 21.8 Å². The van der Waals surface area contributed by atoms with Gasteiger partial charge in [0.1, 0.15) is 21.3 Å². The lowest BCUT2D eigenvalue weighted by Gasteiger charge is -2.28. The molecule has 0 saturated heterocycles. The molecule has 0 bridgehead atoms. The van der Waals surface area contributed by atoms with Crippen molar-refractivity contribution in [3.63, 3.8) is 0 Å². The molecule has 0 aliphatic carbocycles. The molecular weight excluding hydrogens is 180 g/mol. The van der Waals surface area contributed by atoms with Crippen molar-refractivity contribution < 1.29 is 14.6 Å². The molecule has 0 heterocycles. The molecule has 0 aliphatic rings. The molecule has 0 spiro atoms. The molecule has 6 heteroatoms. The maximum atomic E-state index is 11.3. The molecule has 0 aromatic heterocycles. The molecule has 2 N–H and O–H groups in total. The van der Waals surface area contributed by atoms with Crippen molar-refractivity contribution in [2.75, 3.05) is 0 Å². The summed E-state index contributed by atoms with van der Waals surface area (Å²) in [4.78, 5) is 11.3. The van der Waals surface area contributed by atoms with E-state index in [-0.39, 0.29) is 6.04 Å². The van der Waals surface area contributed by atoms with E-state index in [0.717, 1.165) is 0 Å². The number of alkyl carbamates (subject to hydrolysis) is 1. The van der Waals surface area contributed by atoms with Gasteiger partial charge in [0.2, 0.25) is 0 Å². The van der Waals surface area contributed by atoms with Gasteiger partial charge >= 0.3 is 6.09 Å². The fourth-order valence-electron chi connectivity index (χ4n) is 0.661. The highest BCUT2D eigenvalue weighted by Crippen LogP contribution is 2.08. The summed E-state index contributed by atoms with van der Waals surface area (Å²) in [6, 6.07) is -0.350. The molecule has 1 amide bonds. The van der Waals surface area contributed by atoms with Crippen molar-refractivity contribution in [2.24, 2.45) is 0 Å². The van der Waals surface area contributed by atoms with Crippen molar-refractivity contribution in [3.8, 4) is 0 Å². The molecule has 0 radical (unpaired) electrons. The number of aliphatic hydroxyl groups is 1. The summed E-state index contributed by atoms with van der Waals surface area (Å²) < 4.78 is 5.04. The monoisotopic (exact) mass is 199 g/mol. The van der Waals surface area contributed by atoms with Crippen LogP contribution in [0.5, 0.6) is 0 Å². The Balaban J connectivity index is 4.09. The molecule has 4 nitrogen and oxygen atoms in total. The first-order valence-electron chi connectivity index (χ1n) is 4.74. The minimum atomic E-state index is -0.948. The SMILES string of the molecule is BC(B)(O)C(C)NC(=O)OC(C)(C)C. The summed E-state index contributed by atoms with van der Waals surface area (Å²) in [5.74, 6) is 0. The average Bonchev–Trinajstić information content (AvgIpc) is 1.79. The Bertz CT molecular complexity index is 208. The van der Waals surface area contributed by atoms with Gasteiger partial charge in [-0.1, -0.05) is 0 Å². The zero-order chi connectivity index (χ0) is 11.6. The lowest BCUT2D eigenvalue weighted by atomic mass is 9.61. The summed E-state index contributed by atoms with van der Waals surface area (Å²) in [6.45, 7) is 7.11. The lowest BCUT2D eigenvalue weighted by Crippen LogP contribution is -2.52. The predicted octanol–water partition coefficient (Wildman–Crippen LogP) is -1.19. The first-order chi connectivity index (χ1) is 6.02. The second kappa shape index (κ2) is 4.26. The van der Waals surface area contributed by atoms with Crippen LogP contribution < -0.4 is 5.32 Å². The maximum Gasteiger partial charge on any atom is 0.407 e. The van der Waals surface area contributed by atoms with Gasteiger partial charge in [-0.05, 0) is 27.7 Å². The van der Waals surface area contributed by atoms with Gasteiger partial charge in [0.15, 0.2) is 0 Å². The van der Waals surface area contributed by atoms with Gasteiger partial charge in [-0.2, -0.15) is 0 Å². The number of ether oxygens (including phenoxy) is 1. The topological polar surface area (TPSA) is 58.6 Å². The van der Waals surface area contributed by atoms with Crippen LogP contribution in [-0.4, -0.2) is 43.9 Å². The normalized spacial score (nSPS) is 14.6. The average molecular weight is 199 g/mol. The van der Waals surface area contributed by atoms with Crippen LogP contribution in [0, 0.1) is 0 Å². The summed E-state index contributed by atoms with van der Waals surface area (Å²) in [7, 11) is 3.27. The highest BCUT2D eigenvalue weighted by atomic mass is 16.6. The smallest absolute Gasteiger partial charge is 0.407 e. The molecule has 0 fully saturated rings. The third-order valence-electron chi connectivity index (χ3n) is 1.79. The first kappa shape index (κ1) is 13.4. The van der Waals surface area contributed by atoms with Crippen LogP contribution in [0.1, 0.15) is 27.7 Å². The summed E-state index contributed by atoms with van der Waals surface area (Å²) in [6.07, 6.45) is -0.507. The van der Waals surface area contributed by atoms with E-state index in [1.807, 2.05) is 0 Å². The summed E-state index contributed by atoms with van der Waals surface area (Å²) in [5, 5.41) is 11.2. The van der Waals surface area contributed by atoms with Crippen molar-refractivity contribution in [1.29, 1.82) is 0 Å². The number of hydrogen-bond acceptors (Lipinski definition) is 3. The largest absolute Gasteiger partial charge is 0.444 e. The van der Waals surface area contributed by atoms with Crippen LogP contribution in [-0.2, 0) is 4.74 Å². The highest BCUT2D eigenvalue weighted by molar-refractivity contribution is 6.39. The van der Waals surface area contributed by atoms with Crippen LogP contribution in [0.25, 0.3) is 0 Å². The Labute approximate surface area is 87.2 Å². The molecule has 0 aromatic carbocycles. The van der Waals surface area contributed by atoms with E-state index in [0.29, 0.717) is 0 Å². The second-order valence-corrected chi connectivity index (χ2v) is 5.02. The van der Waals surface area contributed by atoms with E-state index in [9.17, 15) is 9.90 Å². The number of amides is 1. The van der Waals surface area contributed by atoms with Gasteiger partial charge < -0.3 is 15.2 Å². The minimum absolute atomic E-state index is 0.350. The van der Waals surface area contributed by atoms with E-state index >= 15 is 0 Å². The Morgan fingerprint density at radius 3 is 2.14 bits per heavy atom. The quantitative estimate of drug-likeness (QED) is 0.549. The zero-order valence-electron chi connectivity index (χ0n) is 9.84. The van der Waals surface area contributed by atoms with Gasteiger partial charge in [-0.3, -0.25) is 0 Å². The molecule has 0 saturated carbocycles. The van der Waals surface area contributed by atoms with Crippen molar-refractivity contribution in [3.05, 3.63) is 0 Å². The van der Waals surface area contributed by atoms with E-state index in [4.69, 9.17) is 4.74 Å². The standard InChI is InChI=1S/C8H19B2NO3/c1-5(8(9,10)13)11-6(12)14-7(2,3)4/h5,13H,9-10H2,1-4H3,(H,11,12). The molecule has 1 unspecified atom stereocenters. The fourth-order valence-corrected chi connectivity index (χ4v) is 0.661. The van der Waals surface area contributed by atoms with Gasteiger partial charge in [0.05, 0.1) is 0 Å². The van der Waals surface area contributed by atoms with Crippen LogP contribution >= 0.6 is 0 Å². The molecule has 14 heavy (non-hydrogen) atoms. The minimum Gasteiger partial charge on any atom is -0.444 e. The van der Waals surface area contributed by atoms with Gasteiger partial charge in [-0.25, -0.2) is 4.79 Å². The van der Waals surface area contributed by atoms with Crippen LogP contribution in [0.15, 0.2) is 0 Å². The van der Waals surface area contributed by atoms with E-state index in [2.05, 4.69) is 5.32 Å².